The Morgan fingerprint density at radius 3 is 2.36 bits per heavy atom. The second kappa shape index (κ2) is 2.86. The molecule has 0 spiro atoms. The number of hydrogen-bond donors (Lipinski definition) is 0. The van der Waals surface area contributed by atoms with Gasteiger partial charge in [0.15, 0.2) is 5.82 Å². The van der Waals surface area contributed by atoms with Gasteiger partial charge < -0.3 is 0 Å². The van der Waals surface area contributed by atoms with Crippen LogP contribution in [0.1, 0.15) is 12.0 Å². The van der Waals surface area contributed by atoms with Crippen molar-refractivity contribution in [1.82, 2.24) is 4.98 Å². The van der Waals surface area contributed by atoms with Crippen LogP contribution >= 0.6 is 0 Å². The molecule has 0 bridgehead atoms. The first kappa shape index (κ1) is 7.97. The molecule has 5 heteroatoms. The Bertz CT molecular complexity index is 261. The second-order valence-electron chi connectivity index (χ2n) is 1.81. The summed E-state index contributed by atoms with van der Waals surface area (Å²) in [7, 11) is 0. The minimum Gasteiger partial charge on any atom is -0.226 e. The van der Waals surface area contributed by atoms with E-state index in [0.717, 1.165) is 12.3 Å². The molecule has 1 aromatic heterocycles. The van der Waals surface area contributed by atoms with Crippen LogP contribution in [0.5, 0.6) is 0 Å². The summed E-state index contributed by atoms with van der Waals surface area (Å²) in [6.07, 6.45) is -2.22. The van der Waals surface area contributed by atoms with Crippen LogP contribution in [0.15, 0.2) is 12.3 Å². The van der Waals surface area contributed by atoms with Gasteiger partial charge in [0.1, 0.15) is 0 Å². The largest absolute Gasteiger partial charge is 0.266 e. The van der Waals surface area contributed by atoms with Gasteiger partial charge in [0.25, 0.3) is 6.43 Å². The average Bonchev–Trinajstić information content (AvgIpc) is 1.94. The highest BCUT2D eigenvalue weighted by molar-refractivity contribution is 5.14. The summed E-state index contributed by atoms with van der Waals surface area (Å²) in [6.45, 7) is 0. The lowest BCUT2D eigenvalue weighted by Crippen LogP contribution is -1.96. The van der Waals surface area contributed by atoms with Crippen molar-refractivity contribution in [2.24, 2.45) is 0 Å². The zero-order valence-electron chi connectivity index (χ0n) is 5.19. The van der Waals surface area contributed by atoms with Crippen molar-refractivity contribution in [3.63, 3.8) is 0 Å². The minimum atomic E-state index is -3.01. The summed E-state index contributed by atoms with van der Waals surface area (Å²) in [5.41, 5.74) is -0.961. The van der Waals surface area contributed by atoms with Gasteiger partial charge in [0, 0.05) is 6.20 Å². The van der Waals surface area contributed by atoms with Gasteiger partial charge in [-0.2, -0.15) is 4.39 Å². The lowest BCUT2D eigenvalue weighted by Gasteiger charge is -1.99. The molecule has 0 N–H and O–H groups in total. The molecule has 0 unspecified atom stereocenters. The van der Waals surface area contributed by atoms with Crippen LogP contribution in [-0.2, 0) is 0 Å². The molecule has 0 saturated carbocycles. The number of aromatic nitrogens is 1. The third-order valence-electron chi connectivity index (χ3n) is 1.11. The van der Waals surface area contributed by atoms with Crippen molar-refractivity contribution in [2.45, 2.75) is 6.43 Å². The minimum absolute atomic E-state index is 0.739. The van der Waals surface area contributed by atoms with E-state index in [0.29, 0.717) is 0 Å². The summed E-state index contributed by atoms with van der Waals surface area (Å²) >= 11 is 0. The quantitative estimate of drug-likeness (QED) is 0.459. The van der Waals surface area contributed by atoms with E-state index in [-0.39, 0.29) is 0 Å². The fraction of sp³-hybridized carbons (Fsp3) is 0.167. The standard InChI is InChI=1S/C6H3F4N/c7-4-3(5(8)9)1-2-11-6(4)10/h1-2,5H. The zero-order valence-corrected chi connectivity index (χ0v) is 5.19. The maximum atomic E-state index is 12.3. The molecule has 1 rings (SSSR count). The van der Waals surface area contributed by atoms with Gasteiger partial charge >= 0.3 is 0 Å². The molecule has 1 nitrogen and oxygen atoms in total. The van der Waals surface area contributed by atoms with E-state index in [2.05, 4.69) is 4.98 Å². The Morgan fingerprint density at radius 2 is 1.91 bits per heavy atom. The Labute approximate surface area is 59.7 Å². The molecule has 0 aliphatic carbocycles. The Balaban J connectivity index is 3.17. The molecule has 0 aliphatic heterocycles. The molecule has 11 heavy (non-hydrogen) atoms. The van der Waals surface area contributed by atoms with Crippen molar-refractivity contribution in [3.05, 3.63) is 29.6 Å². The number of hydrogen-bond acceptors (Lipinski definition) is 1. The normalized spacial score (nSPS) is 10.6. The van der Waals surface area contributed by atoms with Crippen molar-refractivity contribution in [1.29, 1.82) is 0 Å². The van der Waals surface area contributed by atoms with Crippen LogP contribution in [0.4, 0.5) is 17.6 Å². The molecule has 0 fully saturated rings. The molecule has 60 valence electrons. The summed E-state index contributed by atoms with van der Waals surface area (Å²) in [5, 5.41) is 0. The Kier molecular flexibility index (Phi) is 2.07. The van der Waals surface area contributed by atoms with Crippen molar-refractivity contribution >= 4 is 0 Å². The monoisotopic (exact) mass is 165 g/mol. The summed E-state index contributed by atoms with van der Waals surface area (Å²) in [6, 6.07) is 0.739. The second-order valence-corrected chi connectivity index (χ2v) is 1.81. The van der Waals surface area contributed by atoms with Crippen LogP contribution in [0.3, 0.4) is 0 Å². The number of halogens is 4. The predicted octanol–water partition coefficient (Wildman–Crippen LogP) is 2.30. The summed E-state index contributed by atoms with van der Waals surface area (Å²) in [4.78, 5) is 2.85. The van der Waals surface area contributed by atoms with E-state index in [1.807, 2.05) is 0 Å². The first-order valence-electron chi connectivity index (χ1n) is 2.71. The van der Waals surface area contributed by atoms with Crippen LogP contribution in [-0.4, -0.2) is 4.98 Å². The van der Waals surface area contributed by atoms with Crippen molar-refractivity contribution < 1.29 is 17.6 Å². The smallest absolute Gasteiger partial charge is 0.226 e. The summed E-state index contributed by atoms with van der Waals surface area (Å²) in [5.74, 6) is -3.08. The molecule has 0 aromatic carbocycles. The Morgan fingerprint density at radius 1 is 1.27 bits per heavy atom. The van der Waals surface area contributed by atoms with Crippen molar-refractivity contribution in [2.75, 3.05) is 0 Å². The van der Waals surface area contributed by atoms with Gasteiger partial charge in [0.05, 0.1) is 5.56 Å². The van der Waals surface area contributed by atoms with Gasteiger partial charge in [-0.3, -0.25) is 0 Å². The van der Waals surface area contributed by atoms with Gasteiger partial charge in [-0.25, -0.2) is 18.2 Å². The third-order valence-corrected chi connectivity index (χ3v) is 1.11. The predicted molar refractivity (Wildman–Crippen MR) is 29.1 cm³/mol. The van der Waals surface area contributed by atoms with E-state index in [9.17, 15) is 17.6 Å². The fourth-order valence-corrected chi connectivity index (χ4v) is 0.600. The van der Waals surface area contributed by atoms with E-state index < -0.39 is 23.8 Å². The van der Waals surface area contributed by atoms with E-state index in [4.69, 9.17) is 0 Å². The first-order valence-corrected chi connectivity index (χ1v) is 2.71. The first-order chi connectivity index (χ1) is 5.13. The molecule has 1 heterocycles. The lowest BCUT2D eigenvalue weighted by atomic mass is 10.3. The lowest BCUT2D eigenvalue weighted by molar-refractivity contribution is 0.144. The van der Waals surface area contributed by atoms with E-state index in [1.165, 1.54) is 0 Å². The van der Waals surface area contributed by atoms with E-state index in [1.54, 1.807) is 0 Å². The van der Waals surface area contributed by atoms with Gasteiger partial charge in [-0.1, -0.05) is 0 Å². The summed E-state index contributed by atoms with van der Waals surface area (Å²) < 4.78 is 48.0. The molecular weight excluding hydrogens is 162 g/mol. The van der Waals surface area contributed by atoms with Crippen LogP contribution in [0.25, 0.3) is 0 Å². The highest BCUT2D eigenvalue weighted by atomic mass is 19.3. The molecular formula is C6H3F4N. The van der Waals surface area contributed by atoms with Crippen molar-refractivity contribution in [3.8, 4) is 0 Å². The van der Waals surface area contributed by atoms with Crippen LogP contribution < -0.4 is 0 Å². The highest BCUT2D eigenvalue weighted by Crippen LogP contribution is 2.21. The maximum Gasteiger partial charge on any atom is 0.266 e. The van der Waals surface area contributed by atoms with Crippen LogP contribution in [0, 0.1) is 11.8 Å². The average molecular weight is 165 g/mol. The highest BCUT2D eigenvalue weighted by Gasteiger charge is 2.16. The number of alkyl halides is 2. The van der Waals surface area contributed by atoms with Crippen LogP contribution in [0.2, 0.25) is 0 Å². The Hall–Kier alpha value is -1.13. The molecule has 0 atom stereocenters. The molecule has 0 aliphatic rings. The molecule has 1 aromatic rings. The third kappa shape index (κ3) is 1.47. The SMILES string of the molecule is Fc1nccc(C(F)F)c1F. The van der Waals surface area contributed by atoms with Gasteiger partial charge in [0.2, 0.25) is 5.95 Å². The topological polar surface area (TPSA) is 12.9 Å². The van der Waals surface area contributed by atoms with Gasteiger partial charge in [-0.05, 0) is 6.07 Å². The maximum absolute atomic E-state index is 12.3. The molecule has 0 amide bonds. The number of rotatable bonds is 1. The van der Waals surface area contributed by atoms with E-state index >= 15 is 0 Å². The molecule has 0 saturated heterocycles. The number of pyridine rings is 1. The fourth-order valence-electron chi connectivity index (χ4n) is 0.600. The zero-order chi connectivity index (χ0) is 8.43. The molecule has 0 radical (unpaired) electrons. The van der Waals surface area contributed by atoms with Gasteiger partial charge in [-0.15, -0.1) is 0 Å². The number of nitrogens with zero attached hydrogens (tertiary/aromatic N) is 1.